The highest BCUT2D eigenvalue weighted by molar-refractivity contribution is 5.98. The molecule has 0 saturated heterocycles. The summed E-state index contributed by atoms with van der Waals surface area (Å²) in [6.07, 6.45) is -0.523. The standard InChI is InChI=1S/C21H25FN2O2/c1-21(2)12-19(26)24(17-11-15(22)9-10-16(17)21)20(18(25)13-23-3)14-7-5-4-6-8-14/h4-11,18,20,23,25H,12-13H2,1-3H3. The fourth-order valence-corrected chi connectivity index (χ4v) is 3.79. The second-order valence-corrected chi connectivity index (χ2v) is 7.47. The van der Waals surface area contributed by atoms with Gasteiger partial charge in [0, 0.05) is 18.4 Å². The Bertz CT molecular complexity index is 792. The van der Waals surface area contributed by atoms with Gasteiger partial charge >= 0.3 is 0 Å². The number of benzene rings is 2. The summed E-state index contributed by atoms with van der Waals surface area (Å²) in [6.45, 7) is 4.29. The maximum absolute atomic E-state index is 14.0. The summed E-state index contributed by atoms with van der Waals surface area (Å²) in [7, 11) is 1.75. The van der Waals surface area contributed by atoms with Crippen LogP contribution in [0.25, 0.3) is 0 Å². The third-order valence-electron chi connectivity index (χ3n) is 5.01. The minimum Gasteiger partial charge on any atom is -0.389 e. The van der Waals surface area contributed by atoms with Crippen molar-refractivity contribution in [2.24, 2.45) is 0 Å². The Morgan fingerprint density at radius 2 is 1.92 bits per heavy atom. The SMILES string of the molecule is CNCC(O)C(c1ccccc1)N1C(=O)CC(C)(C)c2ccc(F)cc21. The van der Waals surface area contributed by atoms with Gasteiger partial charge in [0.15, 0.2) is 0 Å². The summed E-state index contributed by atoms with van der Waals surface area (Å²) in [5.41, 5.74) is 1.89. The number of likely N-dealkylation sites (N-methyl/N-ethyl adjacent to an activating group) is 1. The molecule has 2 aromatic carbocycles. The Labute approximate surface area is 153 Å². The molecule has 138 valence electrons. The lowest BCUT2D eigenvalue weighted by Gasteiger charge is -2.43. The van der Waals surface area contributed by atoms with Crippen molar-refractivity contribution in [2.45, 2.75) is 37.8 Å². The number of rotatable bonds is 5. The van der Waals surface area contributed by atoms with Crippen LogP contribution in [-0.2, 0) is 10.2 Å². The fourth-order valence-electron chi connectivity index (χ4n) is 3.79. The first-order valence-electron chi connectivity index (χ1n) is 8.85. The van der Waals surface area contributed by atoms with E-state index in [1.165, 1.54) is 12.1 Å². The topological polar surface area (TPSA) is 52.6 Å². The molecule has 26 heavy (non-hydrogen) atoms. The van der Waals surface area contributed by atoms with Crippen molar-refractivity contribution in [2.75, 3.05) is 18.5 Å². The molecular formula is C21H25FN2O2. The second kappa shape index (κ2) is 7.17. The van der Waals surface area contributed by atoms with E-state index in [1.807, 2.05) is 44.2 Å². The first-order valence-corrected chi connectivity index (χ1v) is 8.85. The molecule has 2 N–H and O–H groups in total. The Balaban J connectivity index is 2.17. The Morgan fingerprint density at radius 1 is 1.23 bits per heavy atom. The van der Waals surface area contributed by atoms with Crippen molar-refractivity contribution < 1.29 is 14.3 Å². The van der Waals surface area contributed by atoms with Gasteiger partial charge in [-0.1, -0.05) is 50.2 Å². The highest BCUT2D eigenvalue weighted by Crippen LogP contribution is 2.44. The number of carbonyl (C=O) groups excluding carboxylic acids is 1. The average molecular weight is 356 g/mol. The number of carbonyl (C=O) groups is 1. The number of nitrogens with one attached hydrogen (secondary N) is 1. The molecule has 0 fully saturated rings. The van der Waals surface area contributed by atoms with Gasteiger partial charge in [-0.2, -0.15) is 0 Å². The maximum atomic E-state index is 14.0. The van der Waals surface area contributed by atoms with Crippen LogP contribution in [0, 0.1) is 5.82 Å². The van der Waals surface area contributed by atoms with Crippen molar-refractivity contribution in [3.05, 3.63) is 65.5 Å². The van der Waals surface area contributed by atoms with Gasteiger partial charge < -0.3 is 15.3 Å². The average Bonchev–Trinajstić information content (AvgIpc) is 2.58. The molecule has 2 aromatic rings. The molecule has 0 aliphatic carbocycles. The van der Waals surface area contributed by atoms with Crippen LogP contribution in [0.1, 0.15) is 37.4 Å². The molecule has 0 saturated carbocycles. The number of aliphatic hydroxyl groups is 1. The smallest absolute Gasteiger partial charge is 0.228 e. The number of aliphatic hydroxyl groups excluding tert-OH is 1. The number of hydrogen-bond acceptors (Lipinski definition) is 3. The molecule has 4 nitrogen and oxygen atoms in total. The largest absolute Gasteiger partial charge is 0.389 e. The number of anilines is 1. The van der Waals surface area contributed by atoms with Crippen molar-refractivity contribution in [3.8, 4) is 0 Å². The highest BCUT2D eigenvalue weighted by Gasteiger charge is 2.42. The predicted molar refractivity (Wildman–Crippen MR) is 101 cm³/mol. The quantitative estimate of drug-likeness (QED) is 0.865. The van der Waals surface area contributed by atoms with Gasteiger partial charge in [0.05, 0.1) is 17.8 Å². The van der Waals surface area contributed by atoms with E-state index in [0.717, 1.165) is 11.1 Å². The highest BCUT2D eigenvalue weighted by atomic mass is 19.1. The van der Waals surface area contributed by atoms with E-state index < -0.39 is 18.0 Å². The molecule has 0 bridgehead atoms. The van der Waals surface area contributed by atoms with Crippen molar-refractivity contribution >= 4 is 11.6 Å². The van der Waals surface area contributed by atoms with Gasteiger partial charge in [0.2, 0.25) is 5.91 Å². The number of nitrogens with zero attached hydrogens (tertiary/aromatic N) is 1. The molecule has 2 atom stereocenters. The van der Waals surface area contributed by atoms with Gasteiger partial charge in [-0.3, -0.25) is 4.79 Å². The van der Waals surface area contributed by atoms with Crippen LogP contribution >= 0.6 is 0 Å². The third-order valence-corrected chi connectivity index (χ3v) is 5.01. The summed E-state index contributed by atoms with van der Waals surface area (Å²) < 4.78 is 14.0. The molecule has 0 spiro atoms. The molecule has 1 aliphatic rings. The van der Waals surface area contributed by atoms with E-state index in [0.29, 0.717) is 18.7 Å². The van der Waals surface area contributed by atoms with Crippen molar-refractivity contribution in [1.82, 2.24) is 5.32 Å². The van der Waals surface area contributed by atoms with Gasteiger partial charge in [-0.15, -0.1) is 0 Å². The summed E-state index contributed by atoms with van der Waals surface area (Å²) in [5, 5.41) is 13.8. The first-order chi connectivity index (χ1) is 12.3. The normalized spacial score (nSPS) is 18.3. The number of halogens is 1. The van der Waals surface area contributed by atoms with E-state index in [1.54, 1.807) is 18.0 Å². The van der Waals surface area contributed by atoms with Crippen LogP contribution in [0.4, 0.5) is 10.1 Å². The van der Waals surface area contributed by atoms with E-state index in [-0.39, 0.29) is 11.3 Å². The molecule has 1 heterocycles. The first kappa shape index (κ1) is 18.5. The lowest BCUT2D eigenvalue weighted by atomic mass is 9.76. The lowest BCUT2D eigenvalue weighted by molar-refractivity contribution is -0.121. The minimum atomic E-state index is -0.830. The second-order valence-electron chi connectivity index (χ2n) is 7.47. The summed E-state index contributed by atoms with van der Waals surface area (Å²) in [4.78, 5) is 14.6. The molecule has 0 aromatic heterocycles. The van der Waals surface area contributed by atoms with E-state index in [2.05, 4.69) is 5.32 Å². The molecular weight excluding hydrogens is 331 g/mol. The third kappa shape index (κ3) is 3.37. The van der Waals surface area contributed by atoms with Crippen LogP contribution in [0.5, 0.6) is 0 Å². The van der Waals surface area contributed by atoms with E-state index in [9.17, 15) is 14.3 Å². The molecule has 5 heteroatoms. The molecule has 0 radical (unpaired) electrons. The molecule has 1 amide bonds. The molecule has 2 unspecified atom stereocenters. The molecule has 1 aliphatic heterocycles. The number of hydrogen-bond donors (Lipinski definition) is 2. The zero-order valence-corrected chi connectivity index (χ0v) is 15.4. The van der Waals surface area contributed by atoms with Crippen molar-refractivity contribution in [3.63, 3.8) is 0 Å². The van der Waals surface area contributed by atoms with Gasteiger partial charge in [0.25, 0.3) is 0 Å². The summed E-state index contributed by atoms with van der Waals surface area (Å²) in [5.74, 6) is -0.508. The van der Waals surface area contributed by atoms with E-state index in [4.69, 9.17) is 0 Å². The Kier molecular flexibility index (Phi) is 5.12. The zero-order valence-electron chi connectivity index (χ0n) is 15.4. The summed E-state index contributed by atoms with van der Waals surface area (Å²) >= 11 is 0. The Morgan fingerprint density at radius 3 is 2.58 bits per heavy atom. The number of fused-ring (bicyclic) bond motifs is 1. The monoisotopic (exact) mass is 356 g/mol. The van der Waals surface area contributed by atoms with E-state index >= 15 is 0 Å². The van der Waals surface area contributed by atoms with Crippen LogP contribution in [-0.4, -0.2) is 30.7 Å². The van der Waals surface area contributed by atoms with Crippen LogP contribution in [0.15, 0.2) is 48.5 Å². The van der Waals surface area contributed by atoms with Crippen LogP contribution in [0.3, 0.4) is 0 Å². The van der Waals surface area contributed by atoms with Gasteiger partial charge in [-0.05, 0) is 30.3 Å². The van der Waals surface area contributed by atoms with Crippen LogP contribution in [0.2, 0.25) is 0 Å². The minimum absolute atomic E-state index is 0.114. The predicted octanol–water partition coefficient (Wildman–Crippen LogP) is 3.16. The Hall–Kier alpha value is -2.24. The fraction of sp³-hybridized carbons (Fsp3) is 0.381. The molecule has 3 rings (SSSR count). The van der Waals surface area contributed by atoms with Crippen molar-refractivity contribution in [1.29, 1.82) is 0 Å². The van der Waals surface area contributed by atoms with Gasteiger partial charge in [-0.25, -0.2) is 4.39 Å². The lowest BCUT2D eigenvalue weighted by Crippen LogP contribution is -2.49. The summed E-state index contributed by atoms with van der Waals surface area (Å²) in [6, 6.07) is 13.4. The van der Waals surface area contributed by atoms with Crippen LogP contribution < -0.4 is 10.2 Å². The number of amides is 1. The zero-order chi connectivity index (χ0) is 18.9. The van der Waals surface area contributed by atoms with Gasteiger partial charge in [0.1, 0.15) is 5.82 Å². The maximum Gasteiger partial charge on any atom is 0.228 e.